The van der Waals surface area contributed by atoms with Crippen molar-refractivity contribution in [3.05, 3.63) is 41.4 Å². The van der Waals surface area contributed by atoms with Gasteiger partial charge in [0, 0.05) is 11.9 Å². The van der Waals surface area contributed by atoms with Gasteiger partial charge in [-0.05, 0) is 29.5 Å². The number of carbonyl (C=O) groups excluding carboxylic acids is 1. The number of ether oxygens (including phenoxy) is 1. The molecule has 0 saturated carbocycles. The Kier molecular flexibility index (Phi) is 2.90. The average molecular weight is 272 g/mol. The van der Waals surface area contributed by atoms with E-state index in [1.165, 1.54) is 11.8 Å². The number of nitrogens with zero attached hydrogens (tertiary/aromatic N) is 5. The molecule has 0 spiro atoms. The first-order valence-corrected chi connectivity index (χ1v) is 5.97. The third-order valence-corrected chi connectivity index (χ3v) is 3.09. The lowest BCUT2D eigenvalue weighted by atomic mass is 10.00. The first-order valence-electron chi connectivity index (χ1n) is 5.97. The van der Waals surface area contributed by atoms with E-state index in [9.17, 15) is 4.79 Å². The van der Waals surface area contributed by atoms with Crippen LogP contribution in [0.5, 0.6) is 0 Å². The maximum absolute atomic E-state index is 12.1. The van der Waals surface area contributed by atoms with Gasteiger partial charge in [-0.15, -0.1) is 0 Å². The molecule has 0 radical (unpaired) electrons. The molecular formula is C12H12N6O2. The lowest BCUT2D eigenvalue weighted by Crippen LogP contribution is -2.29. The zero-order chi connectivity index (χ0) is 14.1. The molecule has 1 N–H and O–H groups in total. The van der Waals surface area contributed by atoms with Crippen molar-refractivity contribution in [2.24, 2.45) is 0 Å². The van der Waals surface area contributed by atoms with Crippen molar-refractivity contribution in [2.75, 3.05) is 12.4 Å². The summed E-state index contributed by atoms with van der Waals surface area (Å²) in [7, 11) is 1.34. The first-order chi connectivity index (χ1) is 9.72. The van der Waals surface area contributed by atoms with E-state index in [0.29, 0.717) is 22.9 Å². The summed E-state index contributed by atoms with van der Waals surface area (Å²) in [5.74, 6) is 0.0256. The number of pyridine rings is 1. The predicted octanol–water partition coefficient (Wildman–Crippen LogP) is 0.530. The predicted molar refractivity (Wildman–Crippen MR) is 68.5 cm³/mol. The second-order valence-electron chi connectivity index (χ2n) is 4.26. The molecule has 1 aliphatic rings. The molecule has 2 aromatic heterocycles. The highest BCUT2D eigenvalue weighted by atomic mass is 16.5. The van der Waals surface area contributed by atoms with E-state index in [1.807, 2.05) is 12.1 Å². The lowest BCUT2D eigenvalue weighted by molar-refractivity contribution is -0.136. The lowest BCUT2D eigenvalue weighted by Gasteiger charge is -2.26. The van der Waals surface area contributed by atoms with Crippen LogP contribution in [-0.2, 0) is 9.53 Å². The van der Waals surface area contributed by atoms with Gasteiger partial charge in [0.05, 0.1) is 18.4 Å². The SMILES string of the molecule is COC(=O)C1=C(C)Nc2nnnn2C1c1ccccn1. The fourth-order valence-corrected chi connectivity index (χ4v) is 2.20. The van der Waals surface area contributed by atoms with Crippen molar-refractivity contribution >= 4 is 11.9 Å². The van der Waals surface area contributed by atoms with Gasteiger partial charge in [-0.1, -0.05) is 11.2 Å². The maximum Gasteiger partial charge on any atom is 0.338 e. The van der Waals surface area contributed by atoms with E-state index in [-0.39, 0.29) is 0 Å². The molecule has 8 nitrogen and oxygen atoms in total. The van der Waals surface area contributed by atoms with Crippen LogP contribution in [0.2, 0.25) is 0 Å². The molecule has 0 amide bonds. The van der Waals surface area contributed by atoms with Gasteiger partial charge in [-0.25, -0.2) is 4.79 Å². The second kappa shape index (κ2) is 4.72. The number of nitrogens with one attached hydrogen (secondary N) is 1. The zero-order valence-electron chi connectivity index (χ0n) is 10.9. The molecule has 3 rings (SSSR count). The number of fused-ring (bicyclic) bond motifs is 1. The van der Waals surface area contributed by atoms with Crippen LogP contribution in [-0.4, -0.2) is 38.3 Å². The minimum absolute atomic E-state index is 0.436. The molecule has 0 saturated heterocycles. The van der Waals surface area contributed by atoms with Gasteiger partial charge in [-0.3, -0.25) is 4.98 Å². The highest BCUT2D eigenvalue weighted by molar-refractivity contribution is 5.92. The van der Waals surface area contributed by atoms with Crippen molar-refractivity contribution in [1.29, 1.82) is 0 Å². The van der Waals surface area contributed by atoms with E-state index >= 15 is 0 Å². The minimum atomic E-state index is -0.505. The number of tetrazole rings is 1. The van der Waals surface area contributed by atoms with Crippen molar-refractivity contribution in [3.63, 3.8) is 0 Å². The number of rotatable bonds is 2. The average Bonchev–Trinajstić information content (AvgIpc) is 2.93. The van der Waals surface area contributed by atoms with E-state index in [1.54, 1.807) is 19.2 Å². The largest absolute Gasteiger partial charge is 0.466 e. The van der Waals surface area contributed by atoms with Crippen molar-refractivity contribution in [2.45, 2.75) is 13.0 Å². The van der Waals surface area contributed by atoms with Gasteiger partial charge >= 0.3 is 5.97 Å². The molecule has 2 aromatic rings. The molecule has 3 heterocycles. The summed E-state index contributed by atoms with van der Waals surface area (Å²) in [5.41, 5.74) is 1.75. The van der Waals surface area contributed by atoms with Gasteiger partial charge < -0.3 is 10.1 Å². The molecule has 1 unspecified atom stereocenters. The first kappa shape index (κ1) is 12.3. The molecule has 102 valence electrons. The zero-order valence-corrected chi connectivity index (χ0v) is 10.9. The highest BCUT2D eigenvalue weighted by Crippen LogP contribution is 2.33. The van der Waals surface area contributed by atoms with Crippen LogP contribution >= 0.6 is 0 Å². The third-order valence-electron chi connectivity index (χ3n) is 3.09. The standard InChI is InChI=1S/C12H12N6O2/c1-7-9(11(19)20-2)10(8-5-3-4-6-13-8)18-12(14-7)15-16-17-18/h3-6,10H,1-2H3,(H,14,15,17). The van der Waals surface area contributed by atoms with Crippen molar-refractivity contribution in [1.82, 2.24) is 25.2 Å². The molecular weight excluding hydrogens is 260 g/mol. The molecule has 8 heteroatoms. The summed E-state index contributed by atoms with van der Waals surface area (Å²) in [6, 6.07) is 4.96. The monoisotopic (exact) mass is 272 g/mol. The van der Waals surface area contributed by atoms with E-state index in [2.05, 4.69) is 25.8 Å². The van der Waals surface area contributed by atoms with Crippen LogP contribution in [0, 0.1) is 0 Å². The van der Waals surface area contributed by atoms with Gasteiger partial charge in [0.1, 0.15) is 6.04 Å². The summed E-state index contributed by atoms with van der Waals surface area (Å²) in [4.78, 5) is 16.4. The highest BCUT2D eigenvalue weighted by Gasteiger charge is 2.35. The maximum atomic E-state index is 12.1. The summed E-state index contributed by atoms with van der Waals surface area (Å²) in [6.45, 7) is 1.78. The van der Waals surface area contributed by atoms with Crippen LogP contribution in [0.15, 0.2) is 35.7 Å². The Balaban J connectivity index is 2.19. The van der Waals surface area contributed by atoms with Crippen LogP contribution in [0.1, 0.15) is 18.7 Å². The summed E-state index contributed by atoms with van der Waals surface area (Å²) in [6.07, 6.45) is 1.66. The summed E-state index contributed by atoms with van der Waals surface area (Å²) in [5, 5.41) is 14.4. The molecule has 0 bridgehead atoms. The van der Waals surface area contributed by atoms with Crippen LogP contribution in [0.3, 0.4) is 0 Å². The molecule has 0 aromatic carbocycles. The number of hydrogen-bond donors (Lipinski definition) is 1. The molecule has 0 fully saturated rings. The van der Waals surface area contributed by atoms with Gasteiger partial charge in [-0.2, -0.15) is 4.68 Å². The third kappa shape index (κ3) is 1.81. The van der Waals surface area contributed by atoms with E-state index < -0.39 is 12.0 Å². The number of allylic oxidation sites excluding steroid dienone is 1. The number of anilines is 1. The van der Waals surface area contributed by atoms with Gasteiger partial charge in [0.25, 0.3) is 0 Å². The van der Waals surface area contributed by atoms with Gasteiger partial charge in [0.2, 0.25) is 5.95 Å². The normalized spacial score (nSPS) is 17.4. The Morgan fingerprint density at radius 2 is 2.30 bits per heavy atom. The number of carbonyl (C=O) groups is 1. The minimum Gasteiger partial charge on any atom is -0.466 e. The summed E-state index contributed by atoms with van der Waals surface area (Å²) < 4.78 is 6.37. The Morgan fingerprint density at radius 1 is 1.45 bits per heavy atom. The van der Waals surface area contributed by atoms with Crippen LogP contribution < -0.4 is 5.32 Å². The summed E-state index contributed by atoms with van der Waals surface area (Å²) >= 11 is 0. The molecule has 1 atom stereocenters. The molecule has 20 heavy (non-hydrogen) atoms. The number of aromatic nitrogens is 5. The Hall–Kier alpha value is -2.77. The van der Waals surface area contributed by atoms with Crippen molar-refractivity contribution < 1.29 is 9.53 Å². The fourth-order valence-electron chi connectivity index (χ4n) is 2.20. The molecule has 0 aliphatic carbocycles. The quantitative estimate of drug-likeness (QED) is 0.797. The van der Waals surface area contributed by atoms with Gasteiger partial charge in [0.15, 0.2) is 0 Å². The number of hydrogen-bond acceptors (Lipinski definition) is 7. The van der Waals surface area contributed by atoms with E-state index in [4.69, 9.17) is 4.74 Å². The number of methoxy groups -OCH3 is 1. The smallest absolute Gasteiger partial charge is 0.338 e. The Bertz CT molecular complexity index is 678. The van der Waals surface area contributed by atoms with E-state index in [0.717, 1.165) is 0 Å². The number of esters is 1. The fraction of sp³-hybridized carbons (Fsp3) is 0.250. The van der Waals surface area contributed by atoms with Crippen LogP contribution in [0.4, 0.5) is 5.95 Å². The van der Waals surface area contributed by atoms with Crippen molar-refractivity contribution in [3.8, 4) is 0 Å². The van der Waals surface area contributed by atoms with Crippen LogP contribution in [0.25, 0.3) is 0 Å². The second-order valence-corrected chi connectivity index (χ2v) is 4.26. The molecule has 1 aliphatic heterocycles. The Morgan fingerprint density at radius 3 is 3.00 bits per heavy atom. The topological polar surface area (TPSA) is 94.8 Å². The Labute approximate surface area is 114 Å².